The Kier molecular flexibility index (Phi) is 6.68. The van der Waals surface area contributed by atoms with E-state index in [1.807, 2.05) is 48.5 Å². The first-order chi connectivity index (χ1) is 15.9. The van der Waals surface area contributed by atoms with Gasteiger partial charge in [-0.15, -0.1) is 0 Å². The van der Waals surface area contributed by atoms with Crippen LogP contribution in [0.3, 0.4) is 0 Å². The van der Waals surface area contributed by atoms with Crippen LogP contribution in [0.25, 0.3) is 11.1 Å². The fraction of sp³-hybridized carbons (Fsp3) is 0.167. The number of rotatable bonds is 8. The van der Waals surface area contributed by atoms with Gasteiger partial charge in [0.05, 0.1) is 0 Å². The molecular formula is C24H20NO7P. The molecule has 8 nitrogen and oxygen atoms in total. The molecule has 0 bridgehead atoms. The molecule has 1 aliphatic carbocycles. The first-order valence-corrected chi connectivity index (χ1v) is 11.3. The SMILES string of the molecule is O=C(N[C@@H](Cc1cccc(O[P+](=O)[O-])c1)C(=O)O)OCC1c2ccccc2-c2ccccc21. The molecule has 33 heavy (non-hydrogen) atoms. The van der Waals surface area contributed by atoms with Crippen molar-refractivity contribution in [3.63, 3.8) is 0 Å². The zero-order valence-electron chi connectivity index (χ0n) is 17.3. The third kappa shape index (κ3) is 5.19. The highest BCUT2D eigenvalue weighted by molar-refractivity contribution is 7.31. The van der Waals surface area contributed by atoms with Gasteiger partial charge in [0.1, 0.15) is 12.6 Å². The predicted molar refractivity (Wildman–Crippen MR) is 118 cm³/mol. The number of carboxylic acid groups (broad SMARTS) is 1. The van der Waals surface area contributed by atoms with Gasteiger partial charge in [0.2, 0.25) is 0 Å². The van der Waals surface area contributed by atoms with Crippen molar-refractivity contribution >= 4 is 20.3 Å². The largest absolute Gasteiger partial charge is 0.558 e. The number of hydrogen-bond donors (Lipinski definition) is 2. The summed E-state index contributed by atoms with van der Waals surface area (Å²) >= 11 is 0. The van der Waals surface area contributed by atoms with Crippen molar-refractivity contribution in [3.8, 4) is 16.9 Å². The third-order valence-corrected chi connectivity index (χ3v) is 5.81. The quantitative estimate of drug-likeness (QED) is 0.487. The van der Waals surface area contributed by atoms with Crippen molar-refractivity contribution < 1.29 is 33.4 Å². The molecule has 4 rings (SSSR count). The van der Waals surface area contributed by atoms with E-state index in [2.05, 4.69) is 9.84 Å². The van der Waals surface area contributed by atoms with E-state index in [1.54, 1.807) is 6.07 Å². The number of benzene rings is 3. The van der Waals surface area contributed by atoms with Gasteiger partial charge in [-0.3, -0.25) is 4.52 Å². The Morgan fingerprint density at radius 2 is 1.64 bits per heavy atom. The number of fused-ring (bicyclic) bond motifs is 3. The average Bonchev–Trinajstić information content (AvgIpc) is 3.11. The maximum Gasteiger partial charge on any atom is 0.539 e. The van der Waals surface area contributed by atoms with Crippen LogP contribution in [0.1, 0.15) is 22.6 Å². The standard InChI is InChI=1S/C24H20NO7P/c26-23(27)22(13-15-6-5-7-16(12-15)32-33(29)30)25-24(28)31-14-21-19-10-3-1-8-17(19)18-9-2-4-11-20(18)21/h1-12,21-22H,13-14H2,(H,25,28)(H,26,27)/t22-/m0/s1. The number of carbonyl (C=O) groups is 2. The van der Waals surface area contributed by atoms with Crippen LogP contribution >= 0.6 is 8.25 Å². The molecule has 2 atom stereocenters. The smallest absolute Gasteiger partial charge is 0.539 e. The van der Waals surface area contributed by atoms with Crippen LogP contribution < -0.4 is 14.7 Å². The average molecular weight is 465 g/mol. The van der Waals surface area contributed by atoms with Crippen LogP contribution in [-0.2, 0) is 20.5 Å². The molecule has 9 heteroatoms. The van der Waals surface area contributed by atoms with Crippen molar-refractivity contribution in [1.82, 2.24) is 5.32 Å². The summed E-state index contributed by atoms with van der Waals surface area (Å²) < 4.78 is 20.8. The molecule has 168 valence electrons. The Bertz CT molecular complexity index is 1170. The van der Waals surface area contributed by atoms with E-state index in [0.29, 0.717) is 5.56 Å². The van der Waals surface area contributed by atoms with E-state index in [4.69, 9.17) is 4.74 Å². The summed E-state index contributed by atoms with van der Waals surface area (Å²) in [6.07, 6.45) is -0.925. The lowest BCUT2D eigenvalue weighted by Crippen LogP contribution is -2.42. The highest BCUT2D eigenvalue weighted by Crippen LogP contribution is 2.44. The second kappa shape index (κ2) is 9.81. The van der Waals surface area contributed by atoms with Gasteiger partial charge in [0.25, 0.3) is 0 Å². The van der Waals surface area contributed by atoms with Gasteiger partial charge < -0.3 is 20.1 Å². The number of carboxylic acids is 1. The summed E-state index contributed by atoms with van der Waals surface area (Å²) in [4.78, 5) is 34.9. The normalized spacial score (nSPS) is 13.4. The first kappa shape index (κ1) is 22.5. The highest BCUT2D eigenvalue weighted by Gasteiger charge is 2.29. The molecule has 1 amide bonds. The number of nitrogens with one attached hydrogen (secondary N) is 1. The molecule has 0 saturated heterocycles. The topological polar surface area (TPSA) is 125 Å². The van der Waals surface area contributed by atoms with E-state index in [0.717, 1.165) is 22.3 Å². The van der Waals surface area contributed by atoms with Gasteiger partial charge in [-0.2, -0.15) is 0 Å². The molecule has 0 saturated carbocycles. The van der Waals surface area contributed by atoms with Crippen molar-refractivity contribution in [2.45, 2.75) is 18.4 Å². The van der Waals surface area contributed by atoms with Gasteiger partial charge in [-0.05, 0) is 44.5 Å². The first-order valence-electron chi connectivity index (χ1n) is 10.2. The Labute approximate surface area is 190 Å². The van der Waals surface area contributed by atoms with Crippen molar-refractivity contribution in [2.75, 3.05) is 6.61 Å². The lowest BCUT2D eigenvalue weighted by atomic mass is 9.98. The Hall–Kier alpha value is -3.74. The summed E-state index contributed by atoms with van der Waals surface area (Å²) in [6.45, 7) is 0.0616. The number of hydrogen-bond acceptors (Lipinski definition) is 6. The van der Waals surface area contributed by atoms with Crippen LogP contribution in [0, 0.1) is 0 Å². The van der Waals surface area contributed by atoms with E-state index < -0.39 is 26.4 Å². The fourth-order valence-electron chi connectivity index (χ4n) is 4.03. The Morgan fingerprint density at radius 3 is 2.24 bits per heavy atom. The van der Waals surface area contributed by atoms with Crippen LogP contribution in [0.2, 0.25) is 0 Å². The molecule has 2 N–H and O–H groups in total. The summed E-state index contributed by atoms with van der Waals surface area (Å²) in [7, 11) is -3.09. The highest BCUT2D eigenvalue weighted by atomic mass is 31.1. The van der Waals surface area contributed by atoms with Crippen LogP contribution in [0.4, 0.5) is 4.79 Å². The Balaban J connectivity index is 1.41. The van der Waals surface area contributed by atoms with E-state index in [-0.39, 0.29) is 24.7 Å². The second-order valence-corrected chi connectivity index (χ2v) is 8.16. The zero-order chi connectivity index (χ0) is 23.4. The van der Waals surface area contributed by atoms with Gasteiger partial charge in [0, 0.05) is 12.3 Å². The third-order valence-electron chi connectivity index (χ3n) is 5.45. The lowest BCUT2D eigenvalue weighted by Gasteiger charge is -2.17. The molecule has 0 radical (unpaired) electrons. The molecule has 1 aliphatic rings. The molecule has 0 fully saturated rings. The summed E-state index contributed by atoms with van der Waals surface area (Å²) in [6, 6.07) is 20.5. The predicted octanol–water partition coefficient (Wildman–Crippen LogP) is 3.62. The fourth-order valence-corrected chi connectivity index (χ4v) is 4.32. The molecule has 0 aliphatic heterocycles. The van der Waals surface area contributed by atoms with E-state index in [9.17, 15) is 24.2 Å². The lowest BCUT2D eigenvalue weighted by molar-refractivity contribution is -0.178. The zero-order valence-corrected chi connectivity index (χ0v) is 18.2. The van der Waals surface area contributed by atoms with Crippen molar-refractivity contribution in [3.05, 3.63) is 89.5 Å². The molecule has 3 aromatic carbocycles. The number of ether oxygens (including phenoxy) is 1. The minimum atomic E-state index is -3.09. The minimum Gasteiger partial charge on any atom is -0.558 e. The molecule has 0 heterocycles. The van der Waals surface area contributed by atoms with Gasteiger partial charge in [-0.1, -0.05) is 60.7 Å². The Morgan fingerprint density at radius 1 is 1.00 bits per heavy atom. The molecule has 0 spiro atoms. The summed E-state index contributed by atoms with van der Waals surface area (Å²) in [5, 5.41) is 11.9. The molecule has 0 aromatic heterocycles. The number of alkyl carbamates (subject to hydrolysis) is 1. The van der Waals surface area contributed by atoms with Crippen LogP contribution in [0.15, 0.2) is 72.8 Å². The number of aliphatic carboxylic acids is 1. The molecule has 3 aromatic rings. The van der Waals surface area contributed by atoms with Gasteiger partial charge in [0.15, 0.2) is 5.75 Å². The van der Waals surface area contributed by atoms with E-state index in [1.165, 1.54) is 18.2 Å². The minimum absolute atomic E-state index is 0.0616. The maximum absolute atomic E-state index is 12.4. The van der Waals surface area contributed by atoms with Gasteiger partial charge in [-0.25, -0.2) is 9.59 Å². The van der Waals surface area contributed by atoms with Crippen LogP contribution in [-0.4, -0.2) is 29.8 Å². The molecular weight excluding hydrogens is 445 g/mol. The van der Waals surface area contributed by atoms with Crippen molar-refractivity contribution in [2.24, 2.45) is 0 Å². The number of carbonyl (C=O) groups excluding carboxylic acids is 1. The summed E-state index contributed by atoms with van der Waals surface area (Å²) in [5.41, 5.74) is 4.76. The molecule has 1 unspecified atom stereocenters. The van der Waals surface area contributed by atoms with Gasteiger partial charge >= 0.3 is 20.3 Å². The second-order valence-electron chi connectivity index (χ2n) is 7.53. The van der Waals surface area contributed by atoms with Crippen molar-refractivity contribution in [1.29, 1.82) is 0 Å². The van der Waals surface area contributed by atoms with Crippen LogP contribution in [0.5, 0.6) is 5.75 Å². The maximum atomic E-state index is 12.4. The monoisotopic (exact) mass is 465 g/mol. The number of amides is 1. The van der Waals surface area contributed by atoms with E-state index >= 15 is 0 Å². The summed E-state index contributed by atoms with van der Waals surface area (Å²) in [5.74, 6) is -1.33.